The molecule has 3 nitrogen and oxygen atoms in total. The first kappa shape index (κ1) is 12.5. The Balaban J connectivity index is 2.73. The van der Waals surface area contributed by atoms with Crippen molar-refractivity contribution in [3.63, 3.8) is 0 Å². The summed E-state index contributed by atoms with van der Waals surface area (Å²) in [4.78, 5) is 4.82. The zero-order valence-corrected chi connectivity index (χ0v) is 10.6. The number of hydroxylamine groups is 1. The maximum atomic E-state index is 5.62. The minimum absolute atomic E-state index is 0.634. The predicted octanol–water partition coefficient (Wildman–Crippen LogP) is 2.89. The number of hydrogen-bond donors (Lipinski definition) is 1. The fraction of sp³-hybridized carbons (Fsp3) is 0.455. The van der Waals surface area contributed by atoms with Crippen molar-refractivity contribution in [2.24, 2.45) is 0 Å². The highest BCUT2D eigenvalue weighted by atomic mass is 79.9. The molecule has 1 rings (SSSR count). The van der Waals surface area contributed by atoms with Gasteiger partial charge in [-0.25, -0.2) is 0 Å². The molecule has 1 N–H and O–H groups in total. The molecule has 0 aliphatic heterocycles. The molecule has 0 aliphatic rings. The van der Waals surface area contributed by atoms with E-state index in [1.807, 2.05) is 18.2 Å². The molecule has 0 unspecified atom stereocenters. The lowest BCUT2D eigenvalue weighted by molar-refractivity contribution is 0.0859. The quantitative estimate of drug-likeness (QED) is 0.809. The van der Waals surface area contributed by atoms with Gasteiger partial charge in [0.25, 0.3) is 0 Å². The molecule has 0 aromatic heterocycles. The van der Waals surface area contributed by atoms with E-state index in [9.17, 15) is 0 Å². The summed E-state index contributed by atoms with van der Waals surface area (Å²) in [5.41, 5.74) is 3.89. The molecule has 4 heteroatoms. The van der Waals surface area contributed by atoms with Crippen LogP contribution in [0.5, 0.6) is 5.75 Å². The van der Waals surface area contributed by atoms with Gasteiger partial charge in [-0.2, -0.15) is 5.48 Å². The number of benzene rings is 1. The highest BCUT2D eigenvalue weighted by Crippen LogP contribution is 2.23. The summed E-state index contributed by atoms with van der Waals surface area (Å²) in [7, 11) is 1.60. The minimum atomic E-state index is 0.634. The van der Waals surface area contributed by atoms with Crippen LogP contribution in [0.4, 0.5) is 0 Å². The fourth-order valence-corrected chi connectivity index (χ4v) is 1.60. The van der Waals surface area contributed by atoms with Crippen LogP contribution in [-0.2, 0) is 11.4 Å². The Morgan fingerprint density at radius 3 is 2.87 bits per heavy atom. The number of ether oxygens (including phenoxy) is 1. The van der Waals surface area contributed by atoms with Crippen molar-refractivity contribution >= 4 is 15.9 Å². The van der Waals surface area contributed by atoms with Crippen LogP contribution in [0.1, 0.15) is 18.9 Å². The minimum Gasteiger partial charge on any atom is -0.493 e. The van der Waals surface area contributed by atoms with E-state index in [2.05, 4.69) is 28.3 Å². The second-order valence-corrected chi connectivity index (χ2v) is 4.04. The topological polar surface area (TPSA) is 30.5 Å². The van der Waals surface area contributed by atoms with Gasteiger partial charge in [-0.3, -0.25) is 0 Å². The van der Waals surface area contributed by atoms with Gasteiger partial charge in [0, 0.05) is 16.6 Å². The van der Waals surface area contributed by atoms with E-state index in [-0.39, 0.29) is 0 Å². The average Bonchev–Trinajstić information content (AvgIpc) is 2.25. The Morgan fingerprint density at radius 1 is 1.40 bits per heavy atom. The molecule has 0 saturated carbocycles. The molecule has 1 aromatic rings. The Bertz CT molecular complexity index is 305. The molecular formula is C11H16BrNO2. The third-order valence-electron chi connectivity index (χ3n) is 1.89. The molecule has 1 aromatic carbocycles. The number of halogens is 1. The monoisotopic (exact) mass is 273 g/mol. The van der Waals surface area contributed by atoms with Gasteiger partial charge in [0.15, 0.2) is 0 Å². The summed E-state index contributed by atoms with van der Waals surface area (Å²) in [6.45, 7) is 3.46. The molecule has 84 valence electrons. The molecule has 0 fully saturated rings. The van der Waals surface area contributed by atoms with Gasteiger partial charge >= 0.3 is 0 Å². The largest absolute Gasteiger partial charge is 0.493 e. The summed E-state index contributed by atoms with van der Waals surface area (Å²) >= 11 is 3.43. The van der Waals surface area contributed by atoms with Gasteiger partial charge in [-0.1, -0.05) is 22.9 Å². The zero-order chi connectivity index (χ0) is 11.1. The van der Waals surface area contributed by atoms with Crippen molar-refractivity contribution < 1.29 is 9.57 Å². The first-order valence-corrected chi connectivity index (χ1v) is 5.74. The maximum Gasteiger partial charge on any atom is 0.123 e. The van der Waals surface area contributed by atoms with Crippen LogP contribution in [0.2, 0.25) is 0 Å². The van der Waals surface area contributed by atoms with Crippen LogP contribution < -0.4 is 10.2 Å². The normalized spacial score (nSPS) is 10.3. The standard InChI is InChI=1S/C11H16BrNO2/c1-3-6-15-11-5-4-10(12)7-9(11)8-13-14-2/h4-5,7,13H,3,6,8H2,1-2H3. The average molecular weight is 274 g/mol. The highest BCUT2D eigenvalue weighted by molar-refractivity contribution is 9.10. The molecule has 0 atom stereocenters. The highest BCUT2D eigenvalue weighted by Gasteiger charge is 2.03. The SMILES string of the molecule is CCCOc1ccc(Br)cc1CNOC. The van der Waals surface area contributed by atoms with Crippen molar-refractivity contribution in [2.75, 3.05) is 13.7 Å². The van der Waals surface area contributed by atoms with E-state index in [1.165, 1.54) is 0 Å². The van der Waals surface area contributed by atoms with Crippen LogP contribution in [0.25, 0.3) is 0 Å². The molecule has 0 spiro atoms. The van der Waals surface area contributed by atoms with E-state index < -0.39 is 0 Å². The molecule has 0 radical (unpaired) electrons. The summed E-state index contributed by atoms with van der Waals surface area (Å²) in [5.74, 6) is 0.907. The van der Waals surface area contributed by atoms with Gasteiger partial charge in [0.05, 0.1) is 13.7 Å². The summed E-state index contributed by atoms with van der Waals surface area (Å²) in [6.07, 6.45) is 1.01. The van der Waals surface area contributed by atoms with E-state index in [1.54, 1.807) is 7.11 Å². The van der Waals surface area contributed by atoms with Crippen LogP contribution in [0.15, 0.2) is 22.7 Å². The molecule has 0 amide bonds. The van der Waals surface area contributed by atoms with Crippen LogP contribution in [0.3, 0.4) is 0 Å². The van der Waals surface area contributed by atoms with Gasteiger partial charge in [0.2, 0.25) is 0 Å². The fourth-order valence-electron chi connectivity index (χ4n) is 1.19. The molecule has 0 saturated heterocycles. The number of rotatable bonds is 6. The first-order valence-electron chi connectivity index (χ1n) is 4.95. The zero-order valence-electron chi connectivity index (χ0n) is 9.05. The Hall–Kier alpha value is -0.580. The lowest BCUT2D eigenvalue weighted by Crippen LogP contribution is -2.12. The van der Waals surface area contributed by atoms with E-state index in [0.717, 1.165) is 28.8 Å². The van der Waals surface area contributed by atoms with Crippen molar-refractivity contribution in [2.45, 2.75) is 19.9 Å². The van der Waals surface area contributed by atoms with Gasteiger partial charge < -0.3 is 9.57 Å². The second kappa shape index (κ2) is 6.82. The van der Waals surface area contributed by atoms with Crippen LogP contribution in [-0.4, -0.2) is 13.7 Å². The van der Waals surface area contributed by atoms with Crippen LogP contribution >= 0.6 is 15.9 Å². The third kappa shape index (κ3) is 4.20. The predicted molar refractivity (Wildman–Crippen MR) is 63.8 cm³/mol. The Labute approximate surface area is 98.9 Å². The number of nitrogens with one attached hydrogen (secondary N) is 1. The van der Waals surface area contributed by atoms with Crippen molar-refractivity contribution in [3.8, 4) is 5.75 Å². The summed E-state index contributed by atoms with van der Waals surface area (Å²) < 4.78 is 6.66. The smallest absolute Gasteiger partial charge is 0.123 e. The molecule has 15 heavy (non-hydrogen) atoms. The molecular weight excluding hydrogens is 258 g/mol. The first-order chi connectivity index (χ1) is 7.27. The van der Waals surface area contributed by atoms with Crippen LogP contribution in [0, 0.1) is 0 Å². The summed E-state index contributed by atoms with van der Waals surface area (Å²) in [5, 5.41) is 0. The van der Waals surface area contributed by atoms with E-state index in [4.69, 9.17) is 9.57 Å². The second-order valence-electron chi connectivity index (χ2n) is 3.13. The third-order valence-corrected chi connectivity index (χ3v) is 2.38. The van der Waals surface area contributed by atoms with Crippen molar-refractivity contribution in [3.05, 3.63) is 28.2 Å². The summed E-state index contributed by atoms with van der Waals surface area (Å²) in [6, 6.07) is 5.96. The lowest BCUT2D eigenvalue weighted by Gasteiger charge is -2.11. The van der Waals surface area contributed by atoms with Crippen molar-refractivity contribution in [1.82, 2.24) is 5.48 Å². The van der Waals surface area contributed by atoms with Gasteiger partial charge in [0.1, 0.15) is 5.75 Å². The molecule has 0 bridgehead atoms. The van der Waals surface area contributed by atoms with Crippen molar-refractivity contribution in [1.29, 1.82) is 0 Å². The van der Waals surface area contributed by atoms with E-state index >= 15 is 0 Å². The molecule has 0 heterocycles. The Morgan fingerprint density at radius 2 is 2.20 bits per heavy atom. The molecule has 0 aliphatic carbocycles. The van der Waals surface area contributed by atoms with Gasteiger partial charge in [-0.05, 0) is 24.6 Å². The van der Waals surface area contributed by atoms with Gasteiger partial charge in [-0.15, -0.1) is 0 Å². The van der Waals surface area contributed by atoms with E-state index in [0.29, 0.717) is 6.54 Å². The Kier molecular flexibility index (Phi) is 5.68. The lowest BCUT2D eigenvalue weighted by atomic mass is 10.2. The number of hydrogen-bond acceptors (Lipinski definition) is 3. The maximum absolute atomic E-state index is 5.62.